The molecule has 1 aromatic rings. The molecule has 2 aliphatic rings. The second-order valence-electron chi connectivity index (χ2n) is 9.88. The summed E-state index contributed by atoms with van der Waals surface area (Å²) in [4.78, 5) is 0. The monoisotopic (exact) mass is 420 g/mol. The van der Waals surface area contributed by atoms with Crippen LogP contribution in [0.25, 0.3) is 0 Å². The number of hydrogen-bond donors (Lipinski definition) is 0. The number of hydrogen-bond acceptors (Lipinski definition) is 1. The van der Waals surface area contributed by atoms with Crippen LogP contribution in [0.3, 0.4) is 0 Å². The Morgan fingerprint density at radius 1 is 0.767 bits per heavy atom. The summed E-state index contributed by atoms with van der Waals surface area (Å²) in [7, 11) is 0. The lowest BCUT2D eigenvalue weighted by atomic mass is 9.68. The molecule has 1 nitrogen and oxygen atoms in total. The Balaban J connectivity index is 1.32. The van der Waals surface area contributed by atoms with Gasteiger partial charge in [-0.3, -0.25) is 0 Å². The van der Waals surface area contributed by atoms with Crippen molar-refractivity contribution in [3.05, 3.63) is 29.3 Å². The molecule has 30 heavy (non-hydrogen) atoms. The highest BCUT2D eigenvalue weighted by molar-refractivity contribution is 5.31. The van der Waals surface area contributed by atoms with Crippen LogP contribution in [0.4, 0.5) is 8.78 Å². The third-order valence-corrected chi connectivity index (χ3v) is 7.88. The molecule has 0 aromatic heterocycles. The number of ether oxygens (including phenoxy) is 1. The van der Waals surface area contributed by atoms with Gasteiger partial charge >= 0.3 is 0 Å². The summed E-state index contributed by atoms with van der Waals surface area (Å²) in [5, 5.41) is 0. The van der Waals surface area contributed by atoms with E-state index in [1.165, 1.54) is 70.6 Å². The van der Waals surface area contributed by atoms with E-state index in [0.29, 0.717) is 18.6 Å². The predicted octanol–water partition coefficient (Wildman–Crippen LogP) is 8.49. The van der Waals surface area contributed by atoms with Gasteiger partial charge in [-0.1, -0.05) is 64.4 Å². The van der Waals surface area contributed by atoms with Gasteiger partial charge in [0.1, 0.15) is 0 Å². The highest BCUT2D eigenvalue weighted by Gasteiger charge is 2.30. The van der Waals surface area contributed by atoms with Crippen molar-refractivity contribution in [3.63, 3.8) is 0 Å². The van der Waals surface area contributed by atoms with Crippen molar-refractivity contribution in [2.45, 2.75) is 104 Å². The normalized spacial score (nSPS) is 27.2. The van der Waals surface area contributed by atoms with E-state index >= 15 is 0 Å². The molecule has 2 saturated carbocycles. The van der Waals surface area contributed by atoms with E-state index in [-0.39, 0.29) is 5.75 Å². The Kier molecular flexibility index (Phi) is 9.46. The maximum absolute atomic E-state index is 14.2. The summed E-state index contributed by atoms with van der Waals surface area (Å²) in [6.45, 7) is 4.44. The van der Waals surface area contributed by atoms with Gasteiger partial charge in [0.2, 0.25) is 5.82 Å². The van der Waals surface area contributed by atoms with Crippen LogP contribution in [0.15, 0.2) is 12.1 Å². The van der Waals surface area contributed by atoms with Crippen molar-refractivity contribution in [2.24, 2.45) is 23.7 Å². The number of unbranched alkanes of at least 4 members (excludes halogenated alkanes) is 1. The molecule has 1 aromatic carbocycles. The zero-order valence-corrected chi connectivity index (χ0v) is 19.2. The zero-order valence-electron chi connectivity index (χ0n) is 19.2. The first-order valence-corrected chi connectivity index (χ1v) is 12.7. The number of halogens is 2. The molecule has 0 unspecified atom stereocenters. The molecular weight excluding hydrogens is 378 g/mol. The molecule has 0 saturated heterocycles. The molecule has 0 amide bonds. The van der Waals surface area contributed by atoms with Crippen LogP contribution < -0.4 is 4.74 Å². The van der Waals surface area contributed by atoms with Gasteiger partial charge in [-0.25, -0.2) is 4.39 Å². The van der Waals surface area contributed by atoms with Gasteiger partial charge in [-0.15, -0.1) is 0 Å². The third-order valence-electron chi connectivity index (χ3n) is 7.88. The zero-order chi connectivity index (χ0) is 21.3. The molecule has 0 spiro atoms. The molecule has 0 aliphatic heterocycles. The van der Waals surface area contributed by atoms with Gasteiger partial charge in [-0.2, -0.15) is 4.39 Å². The summed E-state index contributed by atoms with van der Waals surface area (Å²) in [6, 6.07) is 3.25. The largest absolute Gasteiger partial charge is 0.491 e. The summed E-state index contributed by atoms with van der Waals surface area (Å²) in [5.41, 5.74) is 0.485. The van der Waals surface area contributed by atoms with Crippen molar-refractivity contribution >= 4 is 0 Å². The predicted molar refractivity (Wildman–Crippen MR) is 121 cm³/mol. The highest BCUT2D eigenvalue weighted by Crippen LogP contribution is 2.43. The summed E-state index contributed by atoms with van der Waals surface area (Å²) in [5.74, 6) is 2.29. The molecule has 0 N–H and O–H groups in total. The quantitative estimate of drug-likeness (QED) is 0.345. The second kappa shape index (κ2) is 12.1. The lowest BCUT2D eigenvalue weighted by molar-refractivity contribution is 0.140. The van der Waals surface area contributed by atoms with Gasteiger partial charge in [0.25, 0.3) is 0 Å². The Morgan fingerprint density at radius 3 is 1.93 bits per heavy atom. The first-order valence-electron chi connectivity index (χ1n) is 12.7. The van der Waals surface area contributed by atoms with Crippen LogP contribution in [0.2, 0.25) is 0 Å². The fourth-order valence-electron chi connectivity index (χ4n) is 6.09. The van der Waals surface area contributed by atoms with E-state index in [1.54, 1.807) is 19.1 Å². The van der Waals surface area contributed by atoms with E-state index in [0.717, 1.165) is 36.5 Å². The Bertz CT molecular complexity index is 628. The van der Waals surface area contributed by atoms with Crippen LogP contribution in [0.1, 0.15) is 103 Å². The summed E-state index contributed by atoms with van der Waals surface area (Å²) < 4.78 is 33.3. The Labute approximate surface area is 183 Å². The maximum atomic E-state index is 14.2. The molecule has 2 aliphatic carbocycles. The van der Waals surface area contributed by atoms with Crippen LogP contribution in [-0.4, -0.2) is 6.61 Å². The molecule has 0 heterocycles. The minimum atomic E-state index is -0.837. The molecule has 170 valence electrons. The van der Waals surface area contributed by atoms with Gasteiger partial charge < -0.3 is 4.74 Å². The van der Waals surface area contributed by atoms with Gasteiger partial charge in [-0.05, 0) is 80.8 Å². The lowest BCUT2D eigenvalue weighted by Crippen LogP contribution is -2.25. The van der Waals surface area contributed by atoms with E-state index in [1.807, 2.05) is 0 Å². The topological polar surface area (TPSA) is 9.23 Å². The van der Waals surface area contributed by atoms with E-state index in [9.17, 15) is 8.78 Å². The Hall–Kier alpha value is -1.12. The van der Waals surface area contributed by atoms with Crippen molar-refractivity contribution in [2.75, 3.05) is 6.61 Å². The fraction of sp³-hybridized carbons (Fsp3) is 0.778. The smallest absolute Gasteiger partial charge is 0.200 e. The number of benzene rings is 1. The number of rotatable bonds is 10. The van der Waals surface area contributed by atoms with Gasteiger partial charge in [0.05, 0.1) is 6.61 Å². The van der Waals surface area contributed by atoms with E-state index in [4.69, 9.17) is 4.74 Å². The van der Waals surface area contributed by atoms with Crippen LogP contribution in [0, 0.1) is 35.3 Å². The highest BCUT2D eigenvalue weighted by atomic mass is 19.2. The van der Waals surface area contributed by atoms with E-state index < -0.39 is 11.6 Å². The van der Waals surface area contributed by atoms with Crippen LogP contribution in [-0.2, 0) is 6.42 Å². The summed E-state index contributed by atoms with van der Waals surface area (Å²) >= 11 is 0. The maximum Gasteiger partial charge on any atom is 0.200 e. The van der Waals surface area contributed by atoms with Crippen molar-refractivity contribution in [1.82, 2.24) is 0 Å². The molecule has 0 radical (unpaired) electrons. The third kappa shape index (κ3) is 6.44. The minimum absolute atomic E-state index is 0.0226. The number of aryl methyl sites for hydroxylation is 1. The second-order valence-corrected chi connectivity index (χ2v) is 9.88. The van der Waals surface area contributed by atoms with Crippen molar-refractivity contribution < 1.29 is 13.5 Å². The Morgan fingerprint density at radius 2 is 1.37 bits per heavy atom. The lowest BCUT2D eigenvalue weighted by Gasteiger charge is -2.38. The average Bonchev–Trinajstić information content (AvgIpc) is 2.77. The fourth-order valence-corrected chi connectivity index (χ4v) is 6.09. The molecule has 3 heteroatoms. The van der Waals surface area contributed by atoms with Gasteiger partial charge in [0, 0.05) is 0 Å². The van der Waals surface area contributed by atoms with E-state index in [2.05, 4.69) is 6.92 Å². The first kappa shape index (κ1) is 23.5. The molecule has 0 bridgehead atoms. The standard InChI is InChI=1S/C27H42F2O/c1-3-7-20-10-14-22(15-11-20)23-16-12-21(13-17-23)8-5-6-9-24-18-19-25(30-4-2)27(29)26(24)28/h18-23H,3-17H2,1-2H3/t20-,21-,22-,23-. The van der Waals surface area contributed by atoms with Gasteiger partial charge in [0.15, 0.2) is 11.6 Å². The SMILES string of the molecule is CCC[C@H]1CC[C@H]([C@H]2CC[C@H](CCCCc3ccc(OCC)c(F)c3F)CC2)CC1. The molecule has 0 atom stereocenters. The first-order chi connectivity index (χ1) is 14.6. The van der Waals surface area contributed by atoms with Crippen molar-refractivity contribution in [1.29, 1.82) is 0 Å². The molecule has 2 fully saturated rings. The van der Waals surface area contributed by atoms with Crippen LogP contribution in [0.5, 0.6) is 5.75 Å². The molecule has 3 rings (SSSR count). The van der Waals surface area contributed by atoms with Crippen LogP contribution >= 0.6 is 0 Å². The summed E-state index contributed by atoms with van der Waals surface area (Å²) in [6.07, 6.45) is 18.2. The molecular formula is C27H42F2O. The average molecular weight is 421 g/mol. The van der Waals surface area contributed by atoms with Crippen molar-refractivity contribution in [3.8, 4) is 5.75 Å². The minimum Gasteiger partial charge on any atom is -0.491 e.